The zero-order valence-corrected chi connectivity index (χ0v) is 42.2. The fourth-order valence-electron chi connectivity index (χ4n) is 9.02. The number of hydrogen-bond donors (Lipinski definition) is 0. The zero-order chi connectivity index (χ0) is 47.6. The van der Waals surface area contributed by atoms with Crippen LogP contribution in [0, 0.1) is 0 Å². The van der Waals surface area contributed by atoms with E-state index in [1.807, 2.05) is 0 Å². The summed E-state index contributed by atoms with van der Waals surface area (Å²) < 4.78 is 47.2. The summed E-state index contributed by atoms with van der Waals surface area (Å²) in [7, 11) is -3.19. The minimum atomic E-state index is -1.59. The van der Waals surface area contributed by atoms with E-state index < -0.39 is 37.1 Å². The second-order valence-corrected chi connectivity index (χ2v) is 34.4. The topological polar surface area (TPSA) is 3.24 Å². The van der Waals surface area contributed by atoms with Crippen molar-refractivity contribution >= 4 is 94.8 Å². The Morgan fingerprint density at radius 3 is 1.56 bits per heavy atom. The van der Waals surface area contributed by atoms with Crippen LogP contribution in [0.1, 0.15) is 59.5 Å². The molecule has 306 valence electrons. The van der Waals surface area contributed by atoms with Gasteiger partial charge in [-0.3, -0.25) is 0 Å². The second kappa shape index (κ2) is 15.2. The van der Waals surface area contributed by atoms with Crippen LogP contribution in [0.5, 0.6) is 0 Å². The van der Waals surface area contributed by atoms with Crippen molar-refractivity contribution in [3.8, 4) is 33.4 Å². The number of benzene rings is 7. The molecule has 1 nitrogen and oxygen atoms in total. The molecule has 0 fully saturated rings. The van der Waals surface area contributed by atoms with Crippen molar-refractivity contribution in [3.05, 3.63) is 157 Å². The molecule has 2 aliphatic heterocycles. The molecule has 0 aromatic heterocycles. The first-order chi connectivity index (χ1) is 30.8. The van der Waals surface area contributed by atoms with Crippen LogP contribution in [0.2, 0.25) is 39.3 Å². The molecule has 0 unspecified atom stereocenters. The van der Waals surface area contributed by atoms with Crippen molar-refractivity contribution < 1.29 is 6.85 Å². The Balaban J connectivity index is 1.44. The summed E-state index contributed by atoms with van der Waals surface area (Å²) in [5.74, 6) is 0. The first-order valence-electron chi connectivity index (χ1n) is 24.2. The Morgan fingerprint density at radius 2 is 1.03 bits per heavy atom. The molecule has 0 aliphatic carbocycles. The molecule has 5 heteroatoms. The molecule has 61 heavy (non-hydrogen) atoms. The van der Waals surface area contributed by atoms with Crippen molar-refractivity contribution in [3.63, 3.8) is 0 Å². The Bertz CT molecular complexity index is 3000. The Morgan fingerprint density at radius 1 is 0.508 bits per heavy atom. The maximum atomic E-state index is 9.25. The van der Waals surface area contributed by atoms with Crippen molar-refractivity contribution in [2.45, 2.75) is 91.7 Å². The Labute approximate surface area is 385 Å². The summed E-state index contributed by atoms with van der Waals surface area (Å²) in [5, 5.41) is 2.81. The molecule has 0 bridgehead atoms. The number of hydrogen-bond acceptors (Lipinski definition) is 1. The summed E-state index contributed by atoms with van der Waals surface area (Å²) in [6, 6.07) is 42.4. The zero-order valence-electron chi connectivity index (χ0n) is 42.9. The predicted molar refractivity (Wildman–Crippen MR) is 277 cm³/mol. The van der Waals surface area contributed by atoms with Crippen LogP contribution >= 0.6 is 0 Å². The van der Waals surface area contributed by atoms with Gasteiger partial charge in [-0.15, -0.1) is 0 Å². The fourth-order valence-corrected chi connectivity index (χ4v) is 14.7. The van der Waals surface area contributed by atoms with E-state index in [0.29, 0.717) is 5.56 Å². The standard InChI is InChI=1S/C56H60BNSi2Te/c1-55(2,3)41-25-31-49-47(35-41)57-48-36-42(56(4,5)6)26-32-51(48)61-52-34-40(37-17-14-13-15-18-37)33-50(53(52)57)58(49)54-45(38-21-27-43(28-22-38)59(7,8)9)19-16-20-46(54)39-23-29-44(30-24-39)60(10,11)12/h13-36H,1-12H3/i13D,14D,15D,17D,18D. The number of nitrogens with zero attached hydrogens (tertiary/aromatic N) is 1. The number of fused-ring (bicyclic) bond motifs is 4. The minimum absolute atomic E-state index is 0.0513. The third-order valence-electron chi connectivity index (χ3n) is 12.7. The van der Waals surface area contributed by atoms with Crippen LogP contribution in [-0.2, 0) is 10.8 Å². The van der Waals surface area contributed by atoms with Gasteiger partial charge in [0.05, 0.1) is 0 Å². The molecule has 2 heterocycles. The van der Waals surface area contributed by atoms with Crippen molar-refractivity contribution in [1.82, 2.24) is 0 Å². The molecule has 2 aliphatic rings. The maximum absolute atomic E-state index is 9.25. The first-order valence-corrected chi connectivity index (χ1v) is 31.0. The van der Waals surface area contributed by atoms with E-state index in [0.717, 1.165) is 39.3 Å². The summed E-state index contributed by atoms with van der Waals surface area (Å²) in [4.78, 5) is 2.49. The number of rotatable bonds is 6. The normalized spacial score (nSPS) is 14.9. The Kier molecular flexibility index (Phi) is 8.99. The van der Waals surface area contributed by atoms with E-state index in [2.05, 4.69) is 201 Å². The molecule has 0 amide bonds. The molecule has 0 saturated heterocycles. The molecule has 9 rings (SSSR count). The van der Waals surface area contributed by atoms with Gasteiger partial charge >= 0.3 is 388 Å². The van der Waals surface area contributed by atoms with E-state index >= 15 is 0 Å². The van der Waals surface area contributed by atoms with Crippen LogP contribution in [0.15, 0.2) is 145 Å². The summed E-state index contributed by atoms with van der Waals surface area (Å²) in [6.45, 7) is 28.0. The van der Waals surface area contributed by atoms with Crippen LogP contribution < -0.4 is 38.9 Å². The first kappa shape index (κ1) is 36.1. The van der Waals surface area contributed by atoms with Gasteiger partial charge in [0.25, 0.3) is 0 Å². The molecule has 0 radical (unpaired) electrons. The van der Waals surface area contributed by atoms with Crippen LogP contribution in [0.3, 0.4) is 0 Å². The van der Waals surface area contributed by atoms with Gasteiger partial charge in [0.15, 0.2) is 0 Å². The van der Waals surface area contributed by atoms with E-state index in [1.165, 1.54) is 45.1 Å². The van der Waals surface area contributed by atoms with E-state index in [4.69, 9.17) is 4.11 Å². The van der Waals surface area contributed by atoms with Gasteiger partial charge in [0.1, 0.15) is 0 Å². The van der Waals surface area contributed by atoms with E-state index in [-0.39, 0.29) is 53.3 Å². The van der Waals surface area contributed by atoms with Gasteiger partial charge in [0, 0.05) is 0 Å². The van der Waals surface area contributed by atoms with Crippen LogP contribution in [0.25, 0.3) is 33.4 Å². The summed E-state index contributed by atoms with van der Waals surface area (Å²) >= 11 is -1.02. The summed E-state index contributed by atoms with van der Waals surface area (Å²) in [6.07, 6.45) is 0. The SMILES string of the molecule is [2H]c1c([2H])c([2H])c(-c2cc3c4c(c2)N(c2c(-c5ccc([Si](C)(C)C)cc5)cccc2-c2ccc([Si](C)(C)C)cc2)c2ccc(C(C)(C)C)cc2B4c2cc(C(C)(C)C)ccc2[Te]3)c([2H])c1[2H]. The fraction of sp³-hybridized carbons (Fsp3) is 0.250. The van der Waals surface area contributed by atoms with Crippen molar-refractivity contribution in [1.29, 1.82) is 0 Å². The average Bonchev–Trinajstić information content (AvgIpc) is 3.26. The third-order valence-corrected chi connectivity index (χ3v) is 20.1. The summed E-state index contributed by atoms with van der Waals surface area (Å²) in [5.41, 5.74) is 14.8. The molecular formula is C56H60BNSi2Te. The predicted octanol–water partition coefficient (Wildman–Crippen LogP) is 10.6. The average molecular weight is 947 g/mol. The molecule has 7 aromatic carbocycles. The number of anilines is 3. The van der Waals surface area contributed by atoms with E-state index in [1.54, 1.807) is 0 Å². The van der Waals surface area contributed by atoms with Crippen molar-refractivity contribution in [2.24, 2.45) is 0 Å². The van der Waals surface area contributed by atoms with Crippen LogP contribution in [0.4, 0.5) is 17.1 Å². The second-order valence-electron chi connectivity index (χ2n) is 21.2. The molecule has 7 aromatic rings. The van der Waals surface area contributed by atoms with Gasteiger partial charge in [-0.05, 0) is 0 Å². The molecule has 0 atom stereocenters. The van der Waals surface area contributed by atoms with Gasteiger partial charge in [-0.2, -0.15) is 0 Å². The van der Waals surface area contributed by atoms with Gasteiger partial charge < -0.3 is 0 Å². The van der Waals surface area contributed by atoms with E-state index in [9.17, 15) is 2.74 Å². The monoisotopic (exact) mass is 948 g/mol. The Hall–Kier alpha value is -4.37. The van der Waals surface area contributed by atoms with Gasteiger partial charge in [-0.1, -0.05) is 0 Å². The van der Waals surface area contributed by atoms with Gasteiger partial charge in [0.2, 0.25) is 0 Å². The quantitative estimate of drug-likeness (QED) is 0.150. The molecule has 0 saturated carbocycles. The van der Waals surface area contributed by atoms with Gasteiger partial charge in [-0.25, -0.2) is 0 Å². The molecular weight excluding hydrogens is 881 g/mol. The molecule has 0 spiro atoms. The third kappa shape index (κ3) is 7.76. The van der Waals surface area contributed by atoms with Crippen molar-refractivity contribution in [2.75, 3.05) is 4.90 Å². The molecule has 0 N–H and O–H groups in total. The number of para-hydroxylation sites is 1. The van der Waals surface area contributed by atoms with Crippen LogP contribution in [-0.4, -0.2) is 43.8 Å².